The lowest BCUT2D eigenvalue weighted by Gasteiger charge is -2.17. The number of hydrogen-bond acceptors (Lipinski definition) is 7. The summed E-state index contributed by atoms with van der Waals surface area (Å²) >= 11 is 0. The predicted molar refractivity (Wildman–Crippen MR) is 107 cm³/mol. The van der Waals surface area contributed by atoms with Gasteiger partial charge in [-0.15, -0.1) is 0 Å². The van der Waals surface area contributed by atoms with Gasteiger partial charge in [0.25, 0.3) is 0 Å². The van der Waals surface area contributed by atoms with Gasteiger partial charge in [-0.2, -0.15) is 5.10 Å². The summed E-state index contributed by atoms with van der Waals surface area (Å²) in [7, 11) is 0. The second-order valence-corrected chi connectivity index (χ2v) is 6.82. The molecule has 0 radical (unpaired) electrons. The summed E-state index contributed by atoms with van der Waals surface area (Å²) < 4.78 is 20.9. The molecule has 156 valence electrons. The smallest absolute Gasteiger partial charge is 0.337 e. The lowest BCUT2D eigenvalue weighted by molar-refractivity contribution is -0.123. The van der Waals surface area contributed by atoms with E-state index in [0.29, 0.717) is 22.6 Å². The van der Waals surface area contributed by atoms with Crippen LogP contribution in [0, 0.1) is 18.2 Å². The summed E-state index contributed by atoms with van der Waals surface area (Å²) in [6.07, 6.45) is 1.67. The van der Waals surface area contributed by atoms with Crippen molar-refractivity contribution < 1.29 is 23.8 Å². The molecule has 3 rings (SSSR count). The van der Waals surface area contributed by atoms with Gasteiger partial charge in [0, 0.05) is 24.4 Å². The number of carboxylic acids is 1. The van der Waals surface area contributed by atoms with Crippen LogP contribution >= 0.6 is 0 Å². The Morgan fingerprint density at radius 2 is 2.13 bits per heavy atom. The Bertz CT molecular complexity index is 1160. The highest BCUT2D eigenvalue weighted by atomic mass is 19.1. The molecule has 1 aromatic carbocycles. The van der Waals surface area contributed by atoms with Crippen LogP contribution < -0.4 is 10.1 Å². The minimum absolute atomic E-state index is 0.0624. The first-order valence-corrected chi connectivity index (χ1v) is 9.03. The predicted octanol–water partition coefficient (Wildman–Crippen LogP) is 3.38. The number of nitrogens with one attached hydrogen (secondary N) is 2. The third kappa shape index (κ3) is 4.27. The first-order chi connectivity index (χ1) is 14.2. The maximum atomic E-state index is 13.8. The minimum Gasteiger partial charge on any atom is -0.481 e. The Balaban J connectivity index is 1.97. The zero-order valence-corrected chi connectivity index (χ0v) is 16.6. The van der Waals surface area contributed by atoms with Crippen molar-refractivity contribution >= 4 is 34.5 Å². The molecular weight excluding hydrogens is 393 g/mol. The number of aromatic carboxylic acids is 1. The number of Topliss-reactive ketones (excluding diaryl/α,β-unsaturated/α-hetero) is 1. The number of carbonyl (C=O) groups excluding carboxylic acids is 1. The van der Waals surface area contributed by atoms with Gasteiger partial charge >= 0.3 is 5.97 Å². The van der Waals surface area contributed by atoms with E-state index in [1.165, 1.54) is 43.0 Å². The molecule has 3 N–H and O–H groups in total. The van der Waals surface area contributed by atoms with Gasteiger partial charge in [-0.3, -0.25) is 4.79 Å². The molecule has 0 fully saturated rings. The summed E-state index contributed by atoms with van der Waals surface area (Å²) in [5, 5.41) is 23.8. The third-order valence-electron chi connectivity index (χ3n) is 4.45. The number of benzene rings is 1. The summed E-state index contributed by atoms with van der Waals surface area (Å²) in [6, 6.07) is 3.78. The molecule has 1 atom stereocenters. The Hall–Kier alpha value is -3.82. The second-order valence-electron chi connectivity index (χ2n) is 6.82. The van der Waals surface area contributed by atoms with Crippen molar-refractivity contribution in [1.29, 1.82) is 5.41 Å². The molecule has 9 nitrogen and oxygen atoms in total. The van der Waals surface area contributed by atoms with Crippen molar-refractivity contribution in [1.82, 2.24) is 14.6 Å². The number of anilines is 2. The molecule has 10 heteroatoms. The van der Waals surface area contributed by atoms with Gasteiger partial charge < -0.3 is 20.6 Å². The van der Waals surface area contributed by atoms with Crippen molar-refractivity contribution in [3.63, 3.8) is 0 Å². The molecule has 3 aromatic rings. The van der Waals surface area contributed by atoms with Crippen LogP contribution in [0.4, 0.5) is 15.9 Å². The van der Waals surface area contributed by atoms with E-state index in [1.807, 2.05) is 0 Å². The molecule has 0 spiro atoms. The van der Waals surface area contributed by atoms with E-state index >= 15 is 0 Å². The van der Waals surface area contributed by atoms with E-state index in [9.17, 15) is 19.1 Å². The van der Waals surface area contributed by atoms with Crippen LogP contribution in [0.5, 0.6) is 5.75 Å². The lowest BCUT2D eigenvalue weighted by atomic mass is 10.1. The number of rotatable bonds is 8. The first kappa shape index (κ1) is 20.9. The molecule has 1 unspecified atom stereocenters. The molecule has 0 aliphatic rings. The topological polar surface area (TPSA) is 130 Å². The van der Waals surface area contributed by atoms with Crippen molar-refractivity contribution in [3.8, 4) is 5.75 Å². The maximum absolute atomic E-state index is 13.8. The quantitative estimate of drug-likeness (QED) is 0.483. The van der Waals surface area contributed by atoms with Crippen LogP contribution in [-0.2, 0) is 4.79 Å². The van der Waals surface area contributed by atoms with Crippen molar-refractivity contribution in [2.45, 2.75) is 33.3 Å². The Kier molecular flexibility index (Phi) is 5.77. The average molecular weight is 413 g/mol. The van der Waals surface area contributed by atoms with Gasteiger partial charge in [-0.05, 0) is 38.5 Å². The van der Waals surface area contributed by atoms with E-state index < -0.39 is 17.9 Å². The zero-order chi connectivity index (χ0) is 22.0. The average Bonchev–Trinajstić information content (AvgIpc) is 3.01. The Morgan fingerprint density at radius 1 is 1.40 bits per heavy atom. The van der Waals surface area contributed by atoms with Gasteiger partial charge in [0.1, 0.15) is 23.4 Å². The van der Waals surface area contributed by atoms with E-state index in [2.05, 4.69) is 15.4 Å². The van der Waals surface area contributed by atoms with E-state index in [4.69, 9.17) is 10.1 Å². The van der Waals surface area contributed by atoms with Gasteiger partial charge in [0.05, 0.1) is 11.3 Å². The number of carbonyl (C=O) groups is 2. The molecule has 0 aliphatic carbocycles. The Morgan fingerprint density at radius 3 is 2.80 bits per heavy atom. The molecule has 0 bridgehead atoms. The highest BCUT2D eigenvalue weighted by molar-refractivity contribution is 6.01. The molecule has 2 aromatic heterocycles. The van der Waals surface area contributed by atoms with Crippen molar-refractivity contribution in [2.24, 2.45) is 0 Å². The number of ether oxygens (including phenoxy) is 1. The van der Waals surface area contributed by atoms with Gasteiger partial charge in [0.15, 0.2) is 17.7 Å². The zero-order valence-electron chi connectivity index (χ0n) is 16.6. The highest BCUT2D eigenvalue weighted by Crippen LogP contribution is 2.32. The fourth-order valence-corrected chi connectivity index (χ4v) is 2.95. The number of ketones is 1. The van der Waals surface area contributed by atoms with Crippen LogP contribution in [-0.4, -0.2) is 43.3 Å². The van der Waals surface area contributed by atoms with E-state index in [0.717, 1.165) is 6.07 Å². The van der Waals surface area contributed by atoms with Gasteiger partial charge in [0.2, 0.25) is 0 Å². The van der Waals surface area contributed by atoms with Crippen LogP contribution in [0.3, 0.4) is 0 Å². The third-order valence-corrected chi connectivity index (χ3v) is 4.45. The number of aryl methyl sites for hydroxylation is 1. The van der Waals surface area contributed by atoms with Gasteiger partial charge in [-0.25, -0.2) is 18.7 Å². The summed E-state index contributed by atoms with van der Waals surface area (Å²) in [6.45, 7) is 4.68. The monoisotopic (exact) mass is 413 g/mol. The summed E-state index contributed by atoms with van der Waals surface area (Å²) in [4.78, 5) is 27.7. The number of nitrogens with zero attached hydrogens (tertiary/aromatic N) is 3. The van der Waals surface area contributed by atoms with Gasteiger partial charge in [-0.1, -0.05) is 0 Å². The van der Waals surface area contributed by atoms with Crippen molar-refractivity contribution in [3.05, 3.63) is 47.7 Å². The number of carboxylic acid groups (broad SMARTS) is 1. The molecule has 2 heterocycles. The molecule has 0 aliphatic heterocycles. The maximum Gasteiger partial charge on any atom is 0.337 e. The highest BCUT2D eigenvalue weighted by Gasteiger charge is 2.20. The molecule has 0 saturated carbocycles. The Labute approximate surface area is 171 Å². The van der Waals surface area contributed by atoms with E-state index in [-0.39, 0.29) is 29.2 Å². The SMILES string of the molecule is CC(=N)CC(=O)C(C)Oc1cc(F)ccc1Nc1ncnn2cc(C(=O)O)c(C)c12. The fourth-order valence-electron chi connectivity index (χ4n) is 2.95. The number of hydrogen-bond donors (Lipinski definition) is 3. The largest absolute Gasteiger partial charge is 0.481 e. The standard InChI is InChI=1S/C20H20FN5O4/c1-10(22)6-16(27)12(3)30-17-7-13(21)4-5-15(17)25-19-18-11(2)14(20(28)29)8-26(18)24-9-23-19/h4-5,7-9,12,22H,6H2,1-3H3,(H,28,29)(H,23,24,25). The molecule has 0 saturated heterocycles. The second kappa shape index (κ2) is 8.27. The summed E-state index contributed by atoms with van der Waals surface area (Å²) in [5.74, 6) is -1.59. The first-order valence-electron chi connectivity index (χ1n) is 9.03. The van der Waals surface area contributed by atoms with Crippen molar-refractivity contribution in [2.75, 3.05) is 5.32 Å². The van der Waals surface area contributed by atoms with Crippen LogP contribution in [0.15, 0.2) is 30.7 Å². The number of halogens is 1. The lowest BCUT2D eigenvalue weighted by Crippen LogP contribution is -2.25. The molecule has 0 amide bonds. The van der Waals surface area contributed by atoms with Crippen LogP contribution in [0.1, 0.15) is 36.2 Å². The normalized spacial score (nSPS) is 11.9. The number of aromatic nitrogens is 3. The fraction of sp³-hybridized carbons (Fsp3) is 0.250. The summed E-state index contributed by atoms with van der Waals surface area (Å²) in [5.41, 5.74) is 1.51. The van der Waals surface area contributed by atoms with E-state index in [1.54, 1.807) is 6.92 Å². The number of fused-ring (bicyclic) bond motifs is 1. The molecule has 30 heavy (non-hydrogen) atoms. The minimum atomic E-state index is -1.09. The van der Waals surface area contributed by atoms with Crippen LogP contribution in [0.2, 0.25) is 0 Å². The molecular formula is C20H20FN5O4. The van der Waals surface area contributed by atoms with Crippen LogP contribution in [0.25, 0.3) is 5.52 Å².